The van der Waals surface area contributed by atoms with E-state index < -0.39 is 0 Å². The lowest BCUT2D eigenvalue weighted by Crippen LogP contribution is -2.41. The highest BCUT2D eigenvalue weighted by Crippen LogP contribution is 2.07. The van der Waals surface area contributed by atoms with Crippen LogP contribution in [0.25, 0.3) is 0 Å². The molecule has 1 aromatic carbocycles. The second-order valence-corrected chi connectivity index (χ2v) is 4.32. The summed E-state index contributed by atoms with van der Waals surface area (Å²) in [4.78, 5) is 11.6. The lowest BCUT2D eigenvalue weighted by Gasteiger charge is -2.09. The van der Waals surface area contributed by atoms with Gasteiger partial charge in [0.1, 0.15) is 11.5 Å². The highest BCUT2D eigenvalue weighted by atomic mass is 32.1. The summed E-state index contributed by atoms with van der Waals surface area (Å²) in [6, 6.07) is 12.7. The van der Waals surface area contributed by atoms with E-state index in [1.165, 1.54) is 0 Å². The summed E-state index contributed by atoms with van der Waals surface area (Å²) >= 11 is 4.99. The van der Waals surface area contributed by atoms with E-state index in [1.807, 2.05) is 24.3 Å². The van der Waals surface area contributed by atoms with Crippen molar-refractivity contribution in [3.8, 4) is 5.75 Å². The number of carbonyl (C=O) groups excluding carboxylic acids is 1. The first-order valence-corrected chi connectivity index (χ1v) is 6.43. The molecule has 2 rings (SSSR count). The lowest BCUT2D eigenvalue weighted by atomic mass is 10.3. The van der Waals surface area contributed by atoms with Crippen LogP contribution in [0.3, 0.4) is 0 Å². The topological polar surface area (TPSA) is 63.5 Å². The highest BCUT2D eigenvalue weighted by molar-refractivity contribution is 7.80. The number of para-hydroxylation sites is 1. The second kappa shape index (κ2) is 7.30. The molecule has 104 valence electrons. The summed E-state index contributed by atoms with van der Waals surface area (Å²) < 4.78 is 10.4. The minimum absolute atomic E-state index is 0.0907. The van der Waals surface area contributed by atoms with Gasteiger partial charge >= 0.3 is 0 Å². The fourth-order valence-electron chi connectivity index (χ4n) is 1.45. The van der Waals surface area contributed by atoms with Crippen LogP contribution in [-0.2, 0) is 11.3 Å². The van der Waals surface area contributed by atoms with Gasteiger partial charge in [0.25, 0.3) is 5.91 Å². The standard InChI is InChI=1S/C14H14N2O3S/c17-13(10-19-11-5-2-1-3-6-11)16-14(20)15-9-12-7-4-8-18-12/h1-8H,9-10H2,(H2,15,16,17,20). The fraction of sp³-hybridized carbons (Fsp3) is 0.143. The zero-order chi connectivity index (χ0) is 14.2. The van der Waals surface area contributed by atoms with Crippen LogP contribution in [0.2, 0.25) is 0 Å². The summed E-state index contributed by atoms with van der Waals surface area (Å²) in [6.45, 7) is 0.332. The Kier molecular flexibility index (Phi) is 5.14. The number of ether oxygens (including phenoxy) is 1. The monoisotopic (exact) mass is 290 g/mol. The van der Waals surface area contributed by atoms with Crippen molar-refractivity contribution in [1.82, 2.24) is 10.6 Å². The normalized spacial score (nSPS) is 9.80. The fourth-order valence-corrected chi connectivity index (χ4v) is 1.64. The average molecular weight is 290 g/mol. The molecule has 2 aromatic rings. The van der Waals surface area contributed by atoms with Gasteiger partial charge in [0, 0.05) is 0 Å². The largest absolute Gasteiger partial charge is 0.484 e. The first kappa shape index (κ1) is 14.1. The molecule has 0 fully saturated rings. The number of rotatable bonds is 5. The summed E-state index contributed by atoms with van der Waals surface area (Å²) in [5.41, 5.74) is 0. The number of furan rings is 1. The van der Waals surface area contributed by atoms with Crippen molar-refractivity contribution in [3.05, 3.63) is 54.5 Å². The average Bonchev–Trinajstić information content (AvgIpc) is 2.97. The van der Waals surface area contributed by atoms with Gasteiger partial charge in [-0.3, -0.25) is 4.79 Å². The first-order chi connectivity index (χ1) is 9.74. The van der Waals surface area contributed by atoms with E-state index in [-0.39, 0.29) is 17.6 Å². The van der Waals surface area contributed by atoms with Crippen molar-refractivity contribution < 1.29 is 13.9 Å². The van der Waals surface area contributed by atoms with Crippen LogP contribution in [0.4, 0.5) is 0 Å². The van der Waals surface area contributed by atoms with Crippen molar-refractivity contribution in [2.24, 2.45) is 0 Å². The van der Waals surface area contributed by atoms with Crippen molar-refractivity contribution in [1.29, 1.82) is 0 Å². The van der Waals surface area contributed by atoms with Gasteiger partial charge in [-0.15, -0.1) is 0 Å². The van der Waals surface area contributed by atoms with E-state index in [2.05, 4.69) is 10.6 Å². The second-order valence-electron chi connectivity index (χ2n) is 3.91. The molecule has 0 aliphatic heterocycles. The molecule has 0 bridgehead atoms. The Balaban J connectivity index is 1.67. The third-order valence-electron chi connectivity index (χ3n) is 2.37. The SMILES string of the molecule is O=C(COc1ccccc1)NC(=S)NCc1ccco1. The van der Waals surface area contributed by atoms with Crippen molar-refractivity contribution in [2.75, 3.05) is 6.61 Å². The summed E-state index contributed by atoms with van der Waals surface area (Å²) in [5, 5.41) is 5.63. The zero-order valence-electron chi connectivity index (χ0n) is 10.7. The van der Waals surface area contributed by atoms with Crippen molar-refractivity contribution >= 4 is 23.2 Å². The van der Waals surface area contributed by atoms with E-state index in [0.29, 0.717) is 12.3 Å². The van der Waals surface area contributed by atoms with Crippen LogP contribution in [0, 0.1) is 0 Å². The minimum Gasteiger partial charge on any atom is -0.484 e. The van der Waals surface area contributed by atoms with E-state index in [1.54, 1.807) is 24.5 Å². The van der Waals surface area contributed by atoms with Crippen LogP contribution in [0.1, 0.15) is 5.76 Å². The maximum Gasteiger partial charge on any atom is 0.264 e. The van der Waals surface area contributed by atoms with Crippen LogP contribution < -0.4 is 15.4 Å². The van der Waals surface area contributed by atoms with Gasteiger partial charge in [0.05, 0.1) is 12.8 Å². The van der Waals surface area contributed by atoms with Gasteiger partial charge in [-0.05, 0) is 36.5 Å². The molecule has 0 atom stereocenters. The van der Waals surface area contributed by atoms with Crippen molar-refractivity contribution in [3.63, 3.8) is 0 Å². The maximum atomic E-state index is 11.6. The van der Waals surface area contributed by atoms with Gasteiger partial charge in [-0.25, -0.2) is 0 Å². The lowest BCUT2D eigenvalue weighted by molar-refractivity contribution is -0.121. The van der Waals surface area contributed by atoms with E-state index >= 15 is 0 Å². The predicted molar refractivity (Wildman–Crippen MR) is 78.2 cm³/mol. The van der Waals surface area contributed by atoms with Crippen LogP contribution in [-0.4, -0.2) is 17.6 Å². The molecule has 2 N–H and O–H groups in total. The molecule has 0 radical (unpaired) electrons. The van der Waals surface area contributed by atoms with Crippen LogP contribution >= 0.6 is 12.2 Å². The number of amides is 1. The van der Waals surface area contributed by atoms with Crippen LogP contribution in [0.15, 0.2) is 53.1 Å². The number of hydrogen-bond acceptors (Lipinski definition) is 4. The molecule has 0 aliphatic carbocycles. The summed E-state index contributed by atoms with van der Waals surface area (Å²) in [5.74, 6) is 1.06. The molecule has 0 unspecified atom stereocenters. The molecule has 1 amide bonds. The van der Waals surface area contributed by atoms with E-state index in [9.17, 15) is 4.79 Å². The Morgan fingerprint density at radius 2 is 2.00 bits per heavy atom. The highest BCUT2D eigenvalue weighted by Gasteiger charge is 2.05. The van der Waals surface area contributed by atoms with Crippen molar-refractivity contribution in [2.45, 2.75) is 6.54 Å². The molecule has 0 saturated carbocycles. The third kappa shape index (κ3) is 4.74. The Hall–Kier alpha value is -2.34. The Morgan fingerprint density at radius 3 is 2.70 bits per heavy atom. The summed E-state index contributed by atoms with van der Waals surface area (Å²) in [7, 11) is 0. The number of hydrogen-bond donors (Lipinski definition) is 2. The number of benzene rings is 1. The van der Waals surface area contributed by atoms with Gasteiger partial charge < -0.3 is 19.8 Å². The third-order valence-corrected chi connectivity index (χ3v) is 2.62. The predicted octanol–water partition coefficient (Wildman–Crippen LogP) is 1.85. The first-order valence-electron chi connectivity index (χ1n) is 6.02. The molecule has 5 nitrogen and oxygen atoms in total. The molecule has 1 heterocycles. The molecule has 0 aliphatic rings. The minimum atomic E-state index is -0.314. The Morgan fingerprint density at radius 1 is 1.20 bits per heavy atom. The maximum absolute atomic E-state index is 11.6. The quantitative estimate of drug-likeness (QED) is 0.823. The van der Waals surface area contributed by atoms with Gasteiger partial charge in [0.15, 0.2) is 11.7 Å². The molecule has 20 heavy (non-hydrogen) atoms. The molecule has 1 aromatic heterocycles. The van der Waals surface area contributed by atoms with E-state index in [0.717, 1.165) is 5.76 Å². The van der Waals surface area contributed by atoms with Gasteiger partial charge in [-0.1, -0.05) is 18.2 Å². The Bertz CT molecular complexity index is 555. The zero-order valence-corrected chi connectivity index (χ0v) is 11.5. The molecule has 0 spiro atoms. The molecular weight excluding hydrogens is 276 g/mol. The molecular formula is C14H14N2O3S. The molecule has 6 heteroatoms. The van der Waals surface area contributed by atoms with Gasteiger partial charge in [-0.2, -0.15) is 0 Å². The Labute approximate surface area is 121 Å². The number of nitrogens with one attached hydrogen (secondary N) is 2. The van der Waals surface area contributed by atoms with Crippen LogP contribution in [0.5, 0.6) is 5.75 Å². The van der Waals surface area contributed by atoms with E-state index in [4.69, 9.17) is 21.4 Å². The summed E-state index contributed by atoms with van der Waals surface area (Å²) in [6.07, 6.45) is 1.58. The van der Waals surface area contributed by atoms with Gasteiger partial charge in [0.2, 0.25) is 0 Å². The molecule has 0 saturated heterocycles. The number of thiocarbonyl (C=S) groups is 1. The smallest absolute Gasteiger partial charge is 0.264 e. The number of carbonyl (C=O) groups is 1.